The molecule has 0 saturated heterocycles. The van der Waals surface area contributed by atoms with E-state index in [4.69, 9.17) is 11.6 Å². The Morgan fingerprint density at radius 2 is 1.65 bits per heavy atom. The van der Waals surface area contributed by atoms with Crippen LogP contribution >= 0.6 is 11.6 Å². The number of rotatable bonds is 8. The van der Waals surface area contributed by atoms with Gasteiger partial charge < -0.3 is 0 Å². The summed E-state index contributed by atoms with van der Waals surface area (Å²) in [5.41, 5.74) is 4.46. The number of nitrogens with one attached hydrogen (secondary N) is 1. The second-order valence-corrected chi connectivity index (χ2v) is 8.93. The van der Waals surface area contributed by atoms with Gasteiger partial charge in [0, 0.05) is 10.6 Å². The van der Waals surface area contributed by atoms with Crippen LogP contribution < -0.4 is 9.73 Å². The Morgan fingerprint density at radius 3 is 2.29 bits per heavy atom. The lowest BCUT2D eigenvalue weighted by atomic mass is 10.1. The Labute approximate surface area is 187 Å². The van der Waals surface area contributed by atoms with Gasteiger partial charge in [0.25, 0.3) is 15.9 Å². The number of sulfonamides is 1. The second kappa shape index (κ2) is 10.2. The van der Waals surface area contributed by atoms with E-state index in [1.165, 1.54) is 18.3 Å². The van der Waals surface area contributed by atoms with Crippen LogP contribution in [0.2, 0.25) is 5.02 Å². The monoisotopic (exact) mass is 455 g/mol. The molecule has 0 atom stereocenters. The molecule has 0 spiro atoms. The van der Waals surface area contributed by atoms with E-state index in [2.05, 4.69) is 10.5 Å². The van der Waals surface area contributed by atoms with Crippen molar-refractivity contribution in [1.29, 1.82) is 0 Å². The van der Waals surface area contributed by atoms with Gasteiger partial charge in [-0.3, -0.25) is 9.10 Å². The molecule has 0 aliphatic carbocycles. The zero-order valence-corrected chi connectivity index (χ0v) is 18.5. The summed E-state index contributed by atoms with van der Waals surface area (Å²) in [5, 5.41) is 4.39. The topological polar surface area (TPSA) is 78.8 Å². The summed E-state index contributed by atoms with van der Waals surface area (Å²) in [6, 6.07) is 22.1. The quantitative estimate of drug-likeness (QED) is 0.407. The molecule has 160 valence electrons. The number of amides is 1. The van der Waals surface area contributed by atoms with E-state index in [0.717, 1.165) is 16.3 Å². The fourth-order valence-electron chi connectivity index (χ4n) is 2.85. The lowest BCUT2D eigenvalue weighted by Gasteiger charge is -2.24. The van der Waals surface area contributed by atoms with E-state index in [1.54, 1.807) is 54.6 Å². The lowest BCUT2D eigenvalue weighted by molar-refractivity contribution is -0.119. The molecular formula is C23H22ClN3O3S. The van der Waals surface area contributed by atoms with Crippen molar-refractivity contribution in [1.82, 2.24) is 5.43 Å². The van der Waals surface area contributed by atoms with Crippen LogP contribution in [0.4, 0.5) is 5.69 Å². The van der Waals surface area contributed by atoms with E-state index in [9.17, 15) is 13.2 Å². The van der Waals surface area contributed by atoms with Crippen molar-refractivity contribution in [3.8, 4) is 0 Å². The fourth-order valence-corrected chi connectivity index (χ4v) is 4.48. The third kappa shape index (κ3) is 5.71. The summed E-state index contributed by atoms with van der Waals surface area (Å²) in [6.45, 7) is 1.58. The number of halogens is 1. The molecule has 0 saturated carbocycles. The van der Waals surface area contributed by atoms with Crippen LogP contribution in [-0.2, 0) is 21.2 Å². The van der Waals surface area contributed by atoms with Crippen LogP contribution in [0.3, 0.4) is 0 Å². The van der Waals surface area contributed by atoms with Crippen LogP contribution in [0.1, 0.15) is 18.1 Å². The van der Waals surface area contributed by atoms with Crippen LogP contribution in [0.5, 0.6) is 0 Å². The number of benzene rings is 3. The van der Waals surface area contributed by atoms with Gasteiger partial charge in [-0.05, 0) is 42.3 Å². The number of hydrazone groups is 1. The van der Waals surface area contributed by atoms with Gasteiger partial charge in [-0.15, -0.1) is 0 Å². The van der Waals surface area contributed by atoms with Crippen molar-refractivity contribution < 1.29 is 13.2 Å². The molecule has 0 fully saturated rings. The Hall–Kier alpha value is -3.16. The number of hydrogen-bond donors (Lipinski definition) is 1. The second-order valence-electron chi connectivity index (χ2n) is 6.66. The summed E-state index contributed by atoms with van der Waals surface area (Å²) < 4.78 is 27.6. The van der Waals surface area contributed by atoms with E-state index in [0.29, 0.717) is 16.3 Å². The molecule has 31 heavy (non-hydrogen) atoms. The first-order valence-corrected chi connectivity index (χ1v) is 11.5. The maximum Gasteiger partial charge on any atom is 0.264 e. The molecule has 0 aromatic heterocycles. The van der Waals surface area contributed by atoms with Crippen LogP contribution in [0, 0.1) is 0 Å². The highest BCUT2D eigenvalue weighted by atomic mass is 35.5. The Morgan fingerprint density at radius 1 is 1.00 bits per heavy atom. The Bertz CT molecular complexity index is 1160. The smallest absolute Gasteiger partial charge is 0.264 e. The third-order valence-corrected chi connectivity index (χ3v) is 6.68. The summed E-state index contributed by atoms with van der Waals surface area (Å²) in [6.07, 6.45) is 2.23. The fraction of sp³-hybridized carbons (Fsp3) is 0.130. The number of carbonyl (C=O) groups is 1. The molecule has 0 unspecified atom stereocenters. The van der Waals surface area contributed by atoms with Crippen molar-refractivity contribution in [3.63, 3.8) is 0 Å². The first-order chi connectivity index (χ1) is 14.9. The number of hydrogen-bond acceptors (Lipinski definition) is 4. The maximum absolute atomic E-state index is 13.3. The molecule has 1 N–H and O–H groups in total. The number of carbonyl (C=O) groups excluding carboxylic acids is 1. The molecule has 0 aliphatic heterocycles. The Kier molecular flexibility index (Phi) is 7.44. The minimum absolute atomic E-state index is 0.0990. The summed E-state index contributed by atoms with van der Waals surface area (Å²) in [5.74, 6) is -0.581. The standard InChI is InChI=1S/C23H22ClN3O3S/c1-2-18-12-14-20(15-13-18)27(31(29,30)21-9-4-3-5-10-21)17-23(28)26-25-16-19-8-6-7-11-22(19)24/h3-16H,2,17H2,1H3,(H,26,28)/b25-16-. The SMILES string of the molecule is CCc1ccc(N(CC(=O)N/N=C\c2ccccc2Cl)S(=O)(=O)c2ccccc2)cc1. The highest BCUT2D eigenvalue weighted by molar-refractivity contribution is 7.92. The molecule has 3 aromatic carbocycles. The summed E-state index contributed by atoms with van der Waals surface area (Å²) >= 11 is 6.06. The Balaban J connectivity index is 1.84. The molecule has 3 aromatic rings. The molecule has 0 bridgehead atoms. The van der Waals surface area contributed by atoms with Gasteiger partial charge >= 0.3 is 0 Å². The first-order valence-electron chi connectivity index (χ1n) is 9.65. The lowest BCUT2D eigenvalue weighted by Crippen LogP contribution is -2.39. The van der Waals surface area contributed by atoms with Crippen LogP contribution in [-0.4, -0.2) is 27.1 Å². The average molecular weight is 456 g/mol. The van der Waals surface area contributed by atoms with Gasteiger partial charge in [-0.2, -0.15) is 5.10 Å². The third-order valence-electron chi connectivity index (χ3n) is 4.55. The van der Waals surface area contributed by atoms with Gasteiger partial charge in [0.1, 0.15) is 6.54 Å². The van der Waals surface area contributed by atoms with Crippen LogP contribution in [0.15, 0.2) is 88.9 Å². The molecular weight excluding hydrogens is 434 g/mol. The maximum atomic E-state index is 13.3. The van der Waals surface area contributed by atoms with Crippen molar-refractivity contribution in [2.45, 2.75) is 18.2 Å². The zero-order valence-electron chi connectivity index (χ0n) is 16.9. The van der Waals surface area contributed by atoms with Gasteiger partial charge in [0.2, 0.25) is 0 Å². The van der Waals surface area contributed by atoms with E-state index >= 15 is 0 Å². The zero-order chi connectivity index (χ0) is 22.3. The largest absolute Gasteiger partial charge is 0.271 e. The van der Waals surface area contributed by atoms with E-state index < -0.39 is 22.5 Å². The van der Waals surface area contributed by atoms with E-state index in [-0.39, 0.29) is 4.90 Å². The predicted molar refractivity (Wildman–Crippen MR) is 124 cm³/mol. The van der Waals surface area contributed by atoms with Crippen molar-refractivity contribution in [2.24, 2.45) is 5.10 Å². The normalized spacial score (nSPS) is 11.4. The molecule has 0 aliphatic rings. The summed E-state index contributed by atoms with van der Waals surface area (Å²) in [7, 11) is -3.95. The number of nitrogens with zero attached hydrogens (tertiary/aromatic N) is 2. The molecule has 3 rings (SSSR count). The molecule has 1 amide bonds. The van der Waals surface area contributed by atoms with Gasteiger partial charge in [-0.25, -0.2) is 13.8 Å². The first kappa shape index (κ1) is 22.5. The molecule has 0 heterocycles. The van der Waals surface area contributed by atoms with Gasteiger partial charge in [-0.1, -0.05) is 67.1 Å². The average Bonchev–Trinajstić information content (AvgIpc) is 2.79. The molecule has 0 radical (unpaired) electrons. The molecule has 6 nitrogen and oxygen atoms in total. The van der Waals surface area contributed by atoms with Crippen molar-refractivity contribution in [3.05, 3.63) is 95.0 Å². The number of aryl methyl sites for hydroxylation is 1. The predicted octanol–water partition coefficient (Wildman–Crippen LogP) is 4.25. The van der Waals surface area contributed by atoms with Gasteiger partial charge in [0.05, 0.1) is 16.8 Å². The minimum Gasteiger partial charge on any atom is -0.271 e. The number of anilines is 1. The minimum atomic E-state index is -3.95. The van der Waals surface area contributed by atoms with Crippen LogP contribution in [0.25, 0.3) is 0 Å². The van der Waals surface area contributed by atoms with Gasteiger partial charge in [0.15, 0.2) is 0 Å². The van der Waals surface area contributed by atoms with Crippen molar-refractivity contribution >= 4 is 39.4 Å². The highest BCUT2D eigenvalue weighted by Crippen LogP contribution is 2.24. The summed E-state index contributed by atoms with van der Waals surface area (Å²) in [4.78, 5) is 12.6. The molecule has 8 heteroatoms. The van der Waals surface area contributed by atoms with Crippen molar-refractivity contribution in [2.75, 3.05) is 10.8 Å². The van der Waals surface area contributed by atoms with E-state index in [1.807, 2.05) is 19.1 Å². The highest BCUT2D eigenvalue weighted by Gasteiger charge is 2.27.